The number of anilines is 2. The van der Waals surface area contributed by atoms with E-state index < -0.39 is 0 Å². The van der Waals surface area contributed by atoms with E-state index in [1.54, 1.807) is 4.90 Å². The maximum atomic E-state index is 12.6. The van der Waals surface area contributed by atoms with E-state index >= 15 is 0 Å². The van der Waals surface area contributed by atoms with Crippen LogP contribution in [0.3, 0.4) is 0 Å². The number of amides is 3. The molecule has 0 aliphatic carbocycles. The molecule has 0 unspecified atom stereocenters. The molecule has 2 saturated heterocycles. The van der Waals surface area contributed by atoms with Gasteiger partial charge in [-0.1, -0.05) is 30.3 Å². The number of benzene rings is 2. The molecule has 2 aliphatic heterocycles. The Balaban J connectivity index is 1.33. The average Bonchev–Trinajstić information content (AvgIpc) is 3.40. The summed E-state index contributed by atoms with van der Waals surface area (Å²) in [7, 11) is 0. The van der Waals surface area contributed by atoms with Gasteiger partial charge in [0.05, 0.1) is 12.3 Å². The summed E-state index contributed by atoms with van der Waals surface area (Å²) >= 11 is 0. The fraction of sp³-hybridized carbons (Fsp3) is 0.348. The van der Waals surface area contributed by atoms with Crippen LogP contribution in [0.2, 0.25) is 0 Å². The van der Waals surface area contributed by atoms with Crippen LogP contribution in [0.25, 0.3) is 0 Å². The van der Waals surface area contributed by atoms with Crippen LogP contribution < -0.4 is 10.2 Å². The molecule has 2 fully saturated rings. The highest BCUT2D eigenvalue weighted by Gasteiger charge is 2.35. The van der Waals surface area contributed by atoms with E-state index in [0.717, 1.165) is 37.2 Å². The van der Waals surface area contributed by atoms with Crippen molar-refractivity contribution in [2.24, 2.45) is 5.92 Å². The van der Waals surface area contributed by atoms with Gasteiger partial charge in [0.15, 0.2) is 0 Å². The second-order valence-corrected chi connectivity index (χ2v) is 7.69. The van der Waals surface area contributed by atoms with Crippen molar-refractivity contribution in [1.82, 2.24) is 4.90 Å². The lowest BCUT2D eigenvalue weighted by molar-refractivity contribution is -0.129. The van der Waals surface area contributed by atoms with E-state index in [9.17, 15) is 14.4 Å². The second-order valence-electron chi connectivity index (χ2n) is 7.69. The highest BCUT2D eigenvalue weighted by Crippen LogP contribution is 2.26. The van der Waals surface area contributed by atoms with Gasteiger partial charge in [0, 0.05) is 37.4 Å². The molecule has 0 radical (unpaired) electrons. The molecule has 2 aromatic carbocycles. The first-order chi connectivity index (χ1) is 14.1. The Morgan fingerprint density at radius 1 is 0.966 bits per heavy atom. The molecule has 0 aromatic heterocycles. The van der Waals surface area contributed by atoms with Crippen molar-refractivity contribution in [3.63, 3.8) is 0 Å². The van der Waals surface area contributed by atoms with Gasteiger partial charge in [0.2, 0.25) is 17.7 Å². The molecule has 29 heavy (non-hydrogen) atoms. The molecular weight excluding hydrogens is 366 g/mol. The van der Waals surface area contributed by atoms with Crippen molar-refractivity contribution in [2.75, 3.05) is 29.9 Å². The summed E-state index contributed by atoms with van der Waals surface area (Å²) in [5.41, 5.74) is 2.43. The zero-order valence-corrected chi connectivity index (χ0v) is 16.3. The highest BCUT2D eigenvalue weighted by molar-refractivity contribution is 6.03. The van der Waals surface area contributed by atoms with Gasteiger partial charge < -0.3 is 15.1 Å². The molecule has 2 heterocycles. The predicted molar refractivity (Wildman–Crippen MR) is 111 cm³/mol. The number of para-hydroxylation sites is 1. The summed E-state index contributed by atoms with van der Waals surface area (Å²) < 4.78 is 0. The first kappa shape index (κ1) is 19.2. The monoisotopic (exact) mass is 391 g/mol. The maximum absolute atomic E-state index is 12.6. The molecule has 1 N–H and O–H groups in total. The second kappa shape index (κ2) is 8.47. The first-order valence-electron chi connectivity index (χ1n) is 10.1. The van der Waals surface area contributed by atoms with E-state index in [2.05, 4.69) is 5.32 Å². The molecule has 2 aliphatic rings. The van der Waals surface area contributed by atoms with E-state index in [0.29, 0.717) is 18.7 Å². The lowest BCUT2D eigenvalue weighted by atomic mass is 10.1. The van der Waals surface area contributed by atoms with Gasteiger partial charge in [-0.3, -0.25) is 14.4 Å². The molecule has 0 spiro atoms. The van der Waals surface area contributed by atoms with Gasteiger partial charge >= 0.3 is 0 Å². The SMILES string of the molecule is O=C(Nc1ccc(CC(=O)N2CCCC2)cc1)[C@H]1CC(=O)N(c2ccccc2)C1. The largest absolute Gasteiger partial charge is 0.342 e. The molecular formula is C23H25N3O3. The minimum atomic E-state index is -0.376. The molecule has 4 rings (SSSR count). The van der Waals surface area contributed by atoms with Crippen molar-refractivity contribution in [1.29, 1.82) is 0 Å². The predicted octanol–water partition coefficient (Wildman–Crippen LogP) is 2.84. The van der Waals surface area contributed by atoms with Crippen molar-refractivity contribution in [2.45, 2.75) is 25.7 Å². The third kappa shape index (κ3) is 4.47. The maximum Gasteiger partial charge on any atom is 0.229 e. The van der Waals surface area contributed by atoms with Crippen LogP contribution in [0.15, 0.2) is 54.6 Å². The molecule has 6 nitrogen and oxygen atoms in total. The van der Waals surface area contributed by atoms with Gasteiger partial charge in [-0.25, -0.2) is 0 Å². The zero-order chi connectivity index (χ0) is 20.2. The Bertz CT molecular complexity index is 889. The van der Waals surface area contributed by atoms with Crippen LogP contribution in [0.5, 0.6) is 0 Å². The minimum absolute atomic E-state index is 0.0351. The summed E-state index contributed by atoms with van der Waals surface area (Å²) in [6.45, 7) is 2.09. The van der Waals surface area contributed by atoms with Gasteiger partial charge in [-0.15, -0.1) is 0 Å². The lowest BCUT2D eigenvalue weighted by Crippen LogP contribution is -2.29. The molecule has 150 valence electrons. The van der Waals surface area contributed by atoms with Gasteiger partial charge in [0.1, 0.15) is 0 Å². The molecule has 0 saturated carbocycles. The molecule has 0 bridgehead atoms. The van der Waals surface area contributed by atoms with Crippen molar-refractivity contribution in [3.8, 4) is 0 Å². The summed E-state index contributed by atoms with van der Waals surface area (Å²) in [5, 5.41) is 2.90. The van der Waals surface area contributed by atoms with Gasteiger partial charge in [0.25, 0.3) is 0 Å². The molecule has 1 atom stereocenters. The molecule has 3 amide bonds. The van der Waals surface area contributed by atoms with Crippen LogP contribution >= 0.6 is 0 Å². The third-order valence-electron chi connectivity index (χ3n) is 5.60. The number of hydrogen-bond donors (Lipinski definition) is 1. The van der Waals surface area contributed by atoms with Gasteiger partial charge in [-0.2, -0.15) is 0 Å². The van der Waals surface area contributed by atoms with Crippen LogP contribution in [0.1, 0.15) is 24.8 Å². The quantitative estimate of drug-likeness (QED) is 0.852. The number of hydrogen-bond acceptors (Lipinski definition) is 3. The lowest BCUT2D eigenvalue weighted by Gasteiger charge is -2.17. The van der Waals surface area contributed by atoms with Crippen LogP contribution in [-0.4, -0.2) is 42.3 Å². The summed E-state index contributed by atoms with van der Waals surface area (Å²) in [5.74, 6) is -0.409. The van der Waals surface area contributed by atoms with E-state index in [1.165, 1.54) is 0 Å². The van der Waals surface area contributed by atoms with E-state index in [4.69, 9.17) is 0 Å². The Morgan fingerprint density at radius 2 is 1.66 bits per heavy atom. The normalized spacial score (nSPS) is 18.9. The highest BCUT2D eigenvalue weighted by atomic mass is 16.2. The van der Waals surface area contributed by atoms with Crippen molar-refractivity contribution < 1.29 is 14.4 Å². The number of carbonyl (C=O) groups excluding carboxylic acids is 3. The van der Waals surface area contributed by atoms with Crippen molar-refractivity contribution in [3.05, 3.63) is 60.2 Å². The van der Waals surface area contributed by atoms with Crippen LogP contribution in [0.4, 0.5) is 11.4 Å². The number of rotatable bonds is 5. The average molecular weight is 391 g/mol. The van der Waals surface area contributed by atoms with Crippen molar-refractivity contribution >= 4 is 29.1 Å². The van der Waals surface area contributed by atoms with Gasteiger partial charge in [-0.05, 0) is 42.7 Å². The molecule has 2 aromatic rings. The Morgan fingerprint density at radius 3 is 2.34 bits per heavy atom. The minimum Gasteiger partial charge on any atom is -0.342 e. The fourth-order valence-electron chi connectivity index (χ4n) is 3.94. The first-order valence-corrected chi connectivity index (χ1v) is 10.1. The Kier molecular flexibility index (Phi) is 5.60. The summed E-state index contributed by atoms with van der Waals surface area (Å²) in [6, 6.07) is 16.8. The Hall–Kier alpha value is -3.15. The Labute approximate surface area is 170 Å². The third-order valence-corrected chi connectivity index (χ3v) is 5.60. The molecule has 6 heteroatoms. The number of nitrogens with zero attached hydrogens (tertiary/aromatic N) is 2. The smallest absolute Gasteiger partial charge is 0.229 e. The number of likely N-dealkylation sites (tertiary alicyclic amines) is 1. The zero-order valence-electron chi connectivity index (χ0n) is 16.3. The van der Waals surface area contributed by atoms with Crippen LogP contribution in [0, 0.1) is 5.92 Å². The van der Waals surface area contributed by atoms with Crippen LogP contribution in [-0.2, 0) is 20.8 Å². The topological polar surface area (TPSA) is 69.7 Å². The standard InChI is InChI=1S/C23H25N3O3/c27-21(25-12-4-5-13-25)14-17-8-10-19(11-9-17)24-23(29)18-15-22(28)26(16-18)20-6-2-1-3-7-20/h1-3,6-11,18H,4-5,12-16H2,(H,24,29)/t18-/m0/s1. The summed E-state index contributed by atoms with van der Waals surface area (Å²) in [6.07, 6.45) is 2.77. The van der Waals surface area contributed by atoms with E-state index in [1.807, 2.05) is 59.5 Å². The van der Waals surface area contributed by atoms with E-state index in [-0.39, 0.29) is 30.1 Å². The number of carbonyl (C=O) groups is 3. The fourth-order valence-corrected chi connectivity index (χ4v) is 3.94. The summed E-state index contributed by atoms with van der Waals surface area (Å²) in [4.78, 5) is 40.8. The number of nitrogens with one attached hydrogen (secondary N) is 1.